The Morgan fingerprint density at radius 1 is 1.27 bits per heavy atom. The summed E-state index contributed by atoms with van der Waals surface area (Å²) < 4.78 is 52.2. The van der Waals surface area contributed by atoms with Crippen molar-refractivity contribution in [3.8, 4) is 5.75 Å². The Bertz CT molecular complexity index is 333. The summed E-state index contributed by atoms with van der Waals surface area (Å²) in [5, 5.41) is -0.267. The van der Waals surface area contributed by atoms with E-state index in [0.29, 0.717) is 0 Å². The van der Waals surface area contributed by atoms with Gasteiger partial charge in [0.25, 0.3) is 0 Å². The number of benzene rings is 1. The fourth-order valence-corrected chi connectivity index (χ4v) is 0.928. The van der Waals surface area contributed by atoms with E-state index in [0.717, 1.165) is 18.2 Å². The Labute approximate surface area is 132 Å². The van der Waals surface area contributed by atoms with Crippen LogP contribution in [-0.4, -0.2) is 13.5 Å². The van der Waals surface area contributed by atoms with E-state index in [1.807, 2.05) is 0 Å². The first-order valence-corrected chi connectivity index (χ1v) is 4.05. The van der Waals surface area contributed by atoms with Gasteiger partial charge in [0, 0.05) is 6.07 Å². The summed E-state index contributed by atoms with van der Waals surface area (Å²) in [6.45, 7) is -6.37. The van der Waals surface area contributed by atoms with Crippen LogP contribution in [0.15, 0.2) is 18.2 Å². The smallest absolute Gasteiger partial charge is 0.522 e. The zero-order valence-corrected chi connectivity index (χ0v) is 11.7. The average molecular weight is 266 g/mol. The molecule has 0 N–H and O–H groups in total. The van der Waals surface area contributed by atoms with Gasteiger partial charge in [-0.15, -0.1) is 0 Å². The van der Waals surface area contributed by atoms with Gasteiger partial charge in [0.1, 0.15) is 11.6 Å². The van der Waals surface area contributed by atoms with Gasteiger partial charge in [-0.25, -0.2) is 4.39 Å². The molecule has 0 aromatic heterocycles. The van der Waals surface area contributed by atoms with Gasteiger partial charge < -0.3 is 17.7 Å². The van der Waals surface area contributed by atoms with Gasteiger partial charge in [0.05, 0.1) is 11.5 Å². The molecule has 8 heteroatoms. The third-order valence-corrected chi connectivity index (χ3v) is 1.62. The Morgan fingerprint density at radius 3 is 2.33 bits per heavy atom. The molecule has 0 amide bonds. The minimum absolute atomic E-state index is 0. The van der Waals surface area contributed by atoms with Crippen LogP contribution < -0.4 is 56.1 Å². The van der Waals surface area contributed by atoms with E-state index < -0.39 is 19.3 Å². The average Bonchev–Trinajstić information content (AvgIpc) is 2.06. The van der Waals surface area contributed by atoms with Crippen molar-refractivity contribution in [3.05, 3.63) is 29.0 Å². The van der Waals surface area contributed by atoms with Gasteiger partial charge in [-0.1, -0.05) is 11.6 Å². The fourth-order valence-electron chi connectivity index (χ4n) is 0.757. The van der Waals surface area contributed by atoms with Crippen molar-refractivity contribution in [1.82, 2.24) is 0 Å². The van der Waals surface area contributed by atoms with E-state index in [2.05, 4.69) is 4.74 Å². The number of rotatable bonds is 3. The molecule has 0 aliphatic carbocycles. The first-order valence-electron chi connectivity index (χ1n) is 3.67. The van der Waals surface area contributed by atoms with Gasteiger partial charge >= 0.3 is 58.4 Å². The summed E-state index contributed by atoms with van der Waals surface area (Å²) in [4.78, 5) is 0. The zero-order valence-electron chi connectivity index (χ0n) is 7.81. The molecule has 0 aliphatic rings. The first-order chi connectivity index (χ1) is 6.38. The van der Waals surface area contributed by atoms with E-state index in [1.165, 1.54) is 0 Å². The molecule has 0 atom stereocenters. The summed E-state index contributed by atoms with van der Waals surface area (Å²) in [5.74, 6) is -0.799. The Kier molecular flexibility index (Phi) is 6.78. The largest absolute Gasteiger partial charge is 1.00 e. The number of hydrogen-bond acceptors (Lipinski definition) is 1. The molecule has 78 valence electrons. The second kappa shape index (κ2) is 6.46. The van der Waals surface area contributed by atoms with Crippen LogP contribution >= 0.6 is 11.6 Å². The molecule has 0 aliphatic heterocycles. The van der Waals surface area contributed by atoms with Crippen molar-refractivity contribution in [2.45, 2.75) is 0 Å². The molecule has 0 saturated heterocycles. The third-order valence-electron chi connectivity index (χ3n) is 1.33. The van der Waals surface area contributed by atoms with Gasteiger partial charge in [-0.2, -0.15) is 0 Å². The van der Waals surface area contributed by atoms with Gasteiger partial charge in [0.15, 0.2) is 0 Å². The van der Waals surface area contributed by atoms with E-state index in [9.17, 15) is 17.3 Å². The van der Waals surface area contributed by atoms with Crippen LogP contribution in [0.5, 0.6) is 5.75 Å². The maximum absolute atomic E-state index is 12.6. The molecule has 0 spiro atoms. The SMILES string of the molecule is Fc1ccc(OC[B-](F)(F)F)cc1Cl.[K+]. The van der Waals surface area contributed by atoms with Crippen LogP contribution in [0.4, 0.5) is 17.3 Å². The maximum Gasteiger partial charge on any atom is 1.00 e. The Morgan fingerprint density at radius 2 is 1.87 bits per heavy atom. The van der Waals surface area contributed by atoms with E-state index in [4.69, 9.17) is 11.6 Å². The maximum atomic E-state index is 12.6. The summed E-state index contributed by atoms with van der Waals surface area (Å²) >= 11 is 5.33. The van der Waals surface area contributed by atoms with Gasteiger partial charge in [-0.3, -0.25) is 0 Å². The molecular formula is C7H5BClF4KO. The Balaban J connectivity index is 0.00000196. The molecule has 0 unspecified atom stereocenters. The quantitative estimate of drug-likeness (QED) is 0.563. The van der Waals surface area contributed by atoms with Crippen molar-refractivity contribution < 1.29 is 73.5 Å². The molecule has 1 aromatic carbocycles. The van der Waals surface area contributed by atoms with Crippen LogP contribution in [0, 0.1) is 5.82 Å². The minimum Gasteiger partial charge on any atom is -0.522 e. The molecular weight excluding hydrogens is 261 g/mol. The summed E-state index contributed by atoms with van der Waals surface area (Å²) in [6, 6.07) is 3.03. The van der Waals surface area contributed by atoms with Crippen LogP contribution in [0.1, 0.15) is 0 Å². The van der Waals surface area contributed by atoms with Crippen molar-refractivity contribution in [2.75, 3.05) is 6.51 Å². The van der Waals surface area contributed by atoms with Crippen molar-refractivity contribution >= 4 is 18.6 Å². The van der Waals surface area contributed by atoms with Crippen molar-refractivity contribution in [3.63, 3.8) is 0 Å². The predicted octanol–water partition coefficient (Wildman–Crippen LogP) is 0.249. The fraction of sp³-hybridized carbons (Fsp3) is 0.143. The molecule has 15 heavy (non-hydrogen) atoms. The van der Waals surface area contributed by atoms with E-state index in [-0.39, 0.29) is 62.2 Å². The van der Waals surface area contributed by atoms with Crippen LogP contribution in [0.25, 0.3) is 0 Å². The number of hydrogen-bond donors (Lipinski definition) is 0. The second-order valence-corrected chi connectivity index (χ2v) is 3.00. The molecule has 0 fully saturated rings. The summed E-state index contributed by atoms with van der Waals surface area (Å²) in [6.07, 6.45) is 0. The summed E-state index contributed by atoms with van der Waals surface area (Å²) in [7, 11) is 0. The third kappa shape index (κ3) is 6.13. The standard InChI is InChI=1S/C7H5BClF4O.K/c9-6-3-5(1-2-7(6)10)14-4-8(11,12)13;/h1-3H,4H2;/q-1;+1. The number of ether oxygens (including phenoxy) is 1. The summed E-state index contributed by atoms with van der Waals surface area (Å²) in [5.41, 5.74) is 0. The number of halogens is 5. The zero-order chi connectivity index (χ0) is 10.8. The normalized spacial score (nSPS) is 10.7. The topological polar surface area (TPSA) is 9.23 Å². The van der Waals surface area contributed by atoms with Gasteiger partial charge in [0.2, 0.25) is 0 Å². The predicted molar refractivity (Wildman–Crippen MR) is 46.0 cm³/mol. The van der Waals surface area contributed by atoms with Crippen LogP contribution in [-0.2, 0) is 0 Å². The van der Waals surface area contributed by atoms with Crippen LogP contribution in [0.2, 0.25) is 5.02 Å². The molecule has 0 saturated carbocycles. The van der Waals surface area contributed by atoms with Crippen molar-refractivity contribution in [1.29, 1.82) is 0 Å². The molecule has 0 heterocycles. The first kappa shape index (κ1) is 15.7. The molecule has 0 radical (unpaired) electrons. The van der Waals surface area contributed by atoms with Crippen molar-refractivity contribution in [2.24, 2.45) is 0 Å². The minimum atomic E-state index is -5.01. The molecule has 1 aromatic rings. The Hall–Kier alpha value is 0.731. The second-order valence-electron chi connectivity index (χ2n) is 2.60. The molecule has 0 bridgehead atoms. The van der Waals surface area contributed by atoms with Crippen LogP contribution in [0.3, 0.4) is 0 Å². The van der Waals surface area contributed by atoms with Gasteiger partial charge in [-0.05, 0) is 12.1 Å². The monoisotopic (exact) mass is 266 g/mol. The van der Waals surface area contributed by atoms with E-state index in [1.54, 1.807) is 0 Å². The molecule has 1 nitrogen and oxygen atoms in total. The molecule has 1 rings (SSSR count). The van der Waals surface area contributed by atoms with E-state index >= 15 is 0 Å².